The normalized spacial score (nSPS) is 11.1. The number of benzene rings is 2. The third-order valence-electron chi connectivity index (χ3n) is 3.83. The molecule has 0 aliphatic heterocycles. The van der Waals surface area contributed by atoms with Crippen LogP contribution in [0, 0.1) is 0 Å². The lowest BCUT2D eigenvalue weighted by atomic mass is 10.2. The molecule has 28 heavy (non-hydrogen) atoms. The largest absolute Gasteiger partial charge is 0.497 e. The zero-order valence-corrected chi connectivity index (χ0v) is 16.1. The van der Waals surface area contributed by atoms with E-state index in [-0.39, 0.29) is 22.4 Å². The number of hydrogen-bond donors (Lipinski definition) is 1. The topological polar surface area (TPSA) is 121 Å². The van der Waals surface area contributed by atoms with Crippen molar-refractivity contribution in [2.24, 2.45) is 0 Å². The van der Waals surface area contributed by atoms with Gasteiger partial charge in [0.2, 0.25) is 0 Å². The Morgan fingerprint density at radius 3 is 2.36 bits per heavy atom. The summed E-state index contributed by atoms with van der Waals surface area (Å²) in [7, 11) is -0.306. The van der Waals surface area contributed by atoms with E-state index in [0.29, 0.717) is 17.1 Å². The minimum Gasteiger partial charge on any atom is -0.497 e. The maximum Gasteiger partial charge on any atom is 0.322 e. The standard InChI is InChI=1S/C18H17N3O6S/c1-25-12-6-9-15(26-2)14(10-12)17-20-21-18(27-17)19-16(22)11-4-7-13(8-5-11)28(3,23)24/h4-10H,1-3H3,(H,19,21,22). The second-order valence-electron chi connectivity index (χ2n) is 5.73. The molecule has 1 amide bonds. The van der Waals surface area contributed by atoms with Crippen molar-refractivity contribution in [1.29, 1.82) is 0 Å². The van der Waals surface area contributed by atoms with E-state index in [2.05, 4.69) is 15.5 Å². The number of hydrogen-bond acceptors (Lipinski definition) is 8. The van der Waals surface area contributed by atoms with Gasteiger partial charge in [0, 0.05) is 11.8 Å². The highest BCUT2D eigenvalue weighted by atomic mass is 32.2. The first-order valence-electron chi connectivity index (χ1n) is 7.99. The maximum absolute atomic E-state index is 12.3. The first kappa shape index (κ1) is 19.4. The molecule has 1 N–H and O–H groups in total. The quantitative estimate of drug-likeness (QED) is 0.666. The van der Waals surface area contributed by atoms with Gasteiger partial charge in [-0.3, -0.25) is 10.1 Å². The highest BCUT2D eigenvalue weighted by Crippen LogP contribution is 2.33. The number of anilines is 1. The Morgan fingerprint density at radius 2 is 1.75 bits per heavy atom. The SMILES string of the molecule is COc1ccc(OC)c(-c2nnc(NC(=O)c3ccc(S(C)(=O)=O)cc3)o2)c1. The summed E-state index contributed by atoms with van der Waals surface area (Å²) >= 11 is 0. The molecule has 9 nitrogen and oxygen atoms in total. The summed E-state index contributed by atoms with van der Waals surface area (Å²) in [6.07, 6.45) is 1.09. The lowest BCUT2D eigenvalue weighted by Crippen LogP contribution is -2.12. The second kappa shape index (κ2) is 7.69. The molecular weight excluding hydrogens is 386 g/mol. The molecule has 0 bridgehead atoms. The third-order valence-corrected chi connectivity index (χ3v) is 4.96. The van der Waals surface area contributed by atoms with Gasteiger partial charge in [0.15, 0.2) is 9.84 Å². The number of amides is 1. The van der Waals surface area contributed by atoms with Crippen molar-refractivity contribution in [3.05, 3.63) is 48.0 Å². The zero-order valence-electron chi connectivity index (χ0n) is 15.3. The van der Waals surface area contributed by atoms with Crippen molar-refractivity contribution in [2.45, 2.75) is 4.90 Å². The average Bonchev–Trinajstić information content (AvgIpc) is 3.15. The third kappa shape index (κ3) is 4.12. The Labute approximate surface area is 161 Å². The predicted octanol–water partition coefficient (Wildman–Crippen LogP) is 2.41. The molecule has 0 unspecified atom stereocenters. The van der Waals surface area contributed by atoms with Crippen LogP contribution in [-0.2, 0) is 9.84 Å². The van der Waals surface area contributed by atoms with Crippen LogP contribution in [0.4, 0.5) is 6.01 Å². The molecule has 0 atom stereocenters. The molecule has 0 fully saturated rings. The number of carbonyl (C=O) groups is 1. The van der Waals surface area contributed by atoms with E-state index in [1.165, 1.54) is 38.5 Å². The van der Waals surface area contributed by atoms with Gasteiger partial charge in [0.25, 0.3) is 11.8 Å². The summed E-state index contributed by atoms with van der Waals surface area (Å²) in [4.78, 5) is 12.4. The van der Waals surface area contributed by atoms with Crippen LogP contribution in [0.25, 0.3) is 11.5 Å². The minimum absolute atomic E-state index is 0.114. The van der Waals surface area contributed by atoms with Crippen LogP contribution in [0.3, 0.4) is 0 Å². The molecule has 1 aromatic heterocycles. The van der Waals surface area contributed by atoms with Crippen molar-refractivity contribution in [3.8, 4) is 23.0 Å². The molecule has 0 saturated carbocycles. The fraction of sp³-hybridized carbons (Fsp3) is 0.167. The van der Waals surface area contributed by atoms with Crippen LogP contribution in [0.1, 0.15) is 10.4 Å². The van der Waals surface area contributed by atoms with Gasteiger partial charge < -0.3 is 13.9 Å². The van der Waals surface area contributed by atoms with Gasteiger partial charge in [-0.25, -0.2) is 8.42 Å². The van der Waals surface area contributed by atoms with E-state index >= 15 is 0 Å². The Hall–Kier alpha value is -3.40. The molecule has 0 aliphatic rings. The Kier molecular flexibility index (Phi) is 5.32. The van der Waals surface area contributed by atoms with Crippen LogP contribution in [-0.4, -0.2) is 45.0 Å². The van der Waals surface area contributed by atoms with Crippen LogP contribution < -0.4 is 14.8 Å². The Bertz CT molecular complexity index is 1110. The number of rotatable bonds is 6. The summed E-state index contributed by atoms with van der Waals surface area (Å²) < 4.78 is 38.9. The van der Waals surface area contributed by atoms with E-state index in [4.69, 9.17) is 13.9 Å². The minimum atomic E-state index is -3.34. The Morgan fingerprint density at radius 1 is 1.04 bits per heavy atom. The number of carbonyl (C=O) groups excluding carboxylic acids is 1. The number of ether oxygens (including phenoxy) is 2. The lowest BCUT2D eigenvalue weighted by Gasteiger charge is -2.07. The lowest BCUT2D eigenvalue weighted by molar-refractivity contribution is 0.102. The fourth-order valence-corrected chi connectivity index (χ4v) is 3.02. The summed E-state index contributed by atoms with van der Waals surface area (Å²) in [5.41, 5.74) is 0.749. The van der Waals surface area contributed by atoms with Crippen molar-refractivity contribution in [1.82, 2.24) is 10.2 Å². The second-order valence-corrected chi connectivity index (χ2v) is 7.74. The van der Waals surface area contributed by atoms with Crippen LogP contribution in [0.5, 0.6) is 11.5 Å². The van der Waals surface area contributed by atoms with Crippen molar-refractivity contribution < 1.29 is 27.1 Å². The average molecular weight is 403 g/mol. The van der Waals surface area contributed by atoms with Crippen molar-refractivity contribution >= 4 is 21.8 Å². The number of nitrogens with zero attached hydrogens (tertiary/aromatic N) is 2. The zero-order chi connectivity index (χ0) is 20.3. The summed E-state index contributed by atoms with van der Waals surface area (Å²) in [5.74, 6) is 0.690. The van der Waals surface area contributed by atoms with Crippen molar-refractivity contribution in [2.75, 3.05) is 25.8 Å². The first-order valence-corrected chi connectivity index (χ1v) is 9.88. The molecular formula is C18H17N3O6S. The molecule has 10 heteroatoms. The molecule has 1 heterocycles. The Balaban J connectivity index is 1.80. The van der Waals surface area contributed by atoms with Crippen LogP contribution >= 0.6 is 0 Å². The number of sulfone groups is 1. The highest BCUT2D eigenvalue weighted by Gasteiger charge is 2.17. The van der Waals surface area contributed by atoms with E-state index in [1.807, 2.05) is 0 Å². The van der Waals surface area contributed by atoms with Gasteiger partial charge in [0.05, 0.1) is 24.7 Å². The highest BCUT2D eigenvalue weighted by molar-refractivity contribution is 7.90. The molecule has 146 valence electrons. The summed E-state index contributed by atoms with van der Waals surface area (Å²) in [6.45, 7) is 0. The van der Waals surface area contributed by atoms with Gasteiger partial charge in [-0.1, -0.05) is 5.10 Å². The molecule has 2 aromatic carbocycles. The molecule has 3 rings (SSSR count). The number of aromatic nitrogens is 2. The monoisotopic (exact) mass is 403 g/mol. The maximum atomic E-state index is 12.3. The number of nitrogens with one attached hydrogen (secondary N) is 1. The molecule has 0 spiro atoms. The summed E-state index contributed by atoms with van der Waals surface area (Å²) in [6, 6.07) is 10.5. The smallest absolute Gasteiger partial charge is 0.322 e. The van der Waals surface area contributed by atoms with Gasteiger partial charge in [-0.15, -0.1) is 5.10 Å². The van der Waals surface area contributed by atoms with Gasteiger partial charge >= 0.3 is 6.01 Å². The van der Waals surface area contributed by atoms with E-state index < -0.39 is 15.7 Å². The predicted molar refractivity (Wildman–Crippen MR) is 100 cm³/mol. The molecule has 0 saturated heterocycles. The van der Waals surface area contributed by atoms with Crippen molar-refractivity contribution in [3.63, 3.8) is 0 Å². The van der Waals surface area contributed by atoms with E-state index in [9.17, 15) is 13.2 Å². The van der Waals surface area contributed by atoms with Crippen LogP contribution in [0.15, 0.2) is 51.8 Å². The molecule has 3 aromatic rings. The van der Waals surface area contributed by atoms with Crippen LogP contribution in [0.2, 0.25) is 0 Å². The fourth-order valence-electron chi connectivity index (χ4n) is 2.39. The van der Waals surface area contributed by atoms with Gasteiger partial charge in [-0.2, -0.15) is 0 Å². The van der Waals surface area contributed by atoms with E-state index in [1.54, 1.807) is 18.2 Å². The molecule has 0 aliphatic carbocycles. The van der Waals surface area contributed by atoms with Gasteiger partial charge in [0.1, 0.15) is 11.5 Å². The molecule has 0 radical (unpaired) electrons. The first-order chi connectivity index (χ1) is 13.3. The van der Waals surface area contributed by atoms with Gasteiger partial charge in [-0.05, 0) is 42.5 Å². The summed E-state index contributed by atoms with van der Waals surface area (Å²) in [5, 5.41) is 10.2. The van der Waals surface area contributed by atoms with E-state index in [0.717, 1.165) is 6.26 Å². The number of methoxy groups -OCH3 is 2.